The van der Waals surface area contributed by atoms with Crippen LogP contribution in [0.15, 0.2) is 24.3 Å². The van der Waals surface area contributed by atoms with Crippen molar-refractivity contribution in [1.29, 1.82) is 0 Å². The third-order valence-corrected chi connectivity index (χ3v) is 5.93. The van der Waals surface area contributed by atoms with Gasteiger partial charge in [0.15, 0.2) is 0 Å². The number of carbonyl (C=O) groups is 2. The van der Waals surface area contributed by atoms with Gasteiger partial charge < -0.3 is 25.2 Å². The number of aliphatic hydroxyl groups is 2. The van der Waals surface area contributed by atoms with Crippen LogP contribution in [0.5, 0.6) is 0 Å². The molecule has 7 nitrogen and oxygen atoms in total. The predicted octanol–water partition coefficient (Wildman–Crippen LogP) is 0.963. The van der Waals surface area contributed by atoms with Crippen molar-refractivity contribution in [3.63, 3.8) is 0 Å². The maximum absolute atomic E-state index is 12.7. The highest BCUT2D eigenvalue weighted by Crippen LogP contribution is 2.40. The molecule has 0 saturated carbocycles. The summed E-state index contributed by atoms with van der Waals surface area (Å²) in [5.41, 5.74) is -1.25. The van der Waals surface area contributed by atoms with Crippen molar-refractivity contribution in [1.82, 2.24) is 10.2 Å². The van der Waals surface area contributed by atoms with Gasteiger partial charge in [0.1, 0.15) is 12.7 Å². The van der Waals surface area contributed by atoms with Crippen molar-refractivity contribution < 1.29 is 24.5 Å². The second kappa shape index (κ2) is 7.75. The molecule has 148 valence electrons. The van der Waals surface area contributed by atoms with Crippen molar-refractivity contribution in [2.75, 3.05) is 26.3 Å². The predicted molar refractivity (Wildman–Crippen MR) is 99.5 cm³/mol. The Kier molecular flexibility index (Phi) is 5.76. The second-order valence-corrected chi connectivity index (χ2v) is 7.92. The van der Waals surface area contributed by atoms with E-state index in [1.807, 2.05) is 6.92 Å². The van der Waals surface area contributed by atoms with Crippen LogP contribution in [0.1, 0.15) is 36.5 Å². The van der Waals surface area contributed by atoms with Gasteiger partial charge in [0.2, 0.25) is 5.91 Å². The van der Waals surface area contributed by atoms with Crippen LogP contribution in [0.4, 0.5) is 0 Å². The van der Waals surface area contributed by atoms with Crippen LogP contribution in [0, 0.1) is 0 Å². The molecule has 0 aromatic heterocycles. The molecule has 3 rings (SSSR count). The lowest BCUT2D eigenvalue weighted by Crippen LogP contribution is -2.69. The third kappa shape index (κ3) is 3.96. The van der Waals surface area contributed by atoms with Gasteiger partial charge in [-0.3, -0.25) is 9.59 Å². The summed E-state index contributed by atoms with van der Waals surface area (Å²) in [6, 6.07) is 6.65. The lowest BCUT2D eigenvalue weighted by molar-refractivity contribution is -0.206. The van der Waals surface area contributed by atoms with Gasteiger partial charge in [-0.2, -0.15) is 0 Å². The van der Waals surface area contributed by atoms with Crippen LogP contribution in [0.3, 0.4) is 0 Å². The van der Waals surface area contributed by atoms with Gasteiger partial charge in [-0.1, -0.05) is 17.7 Å². The summed E-state index contributed by atoms with van der Waals surface area (Å²) in [6.07, 6.45) is 0.445. The number of aliphatic hydroxyl groups excluding tert-OH is 2. The zero-order valence-corrected chi connectivity index (χ0v) is 16.0. The van der Waals surface area contributed by atoms with Gasteiger partial charge in [0, 0.05) is 30.3 Å². The number of hydrogen-bond acceptors (Lipinski definition) is 5. The maximum Gasteiger partial charge on any atom is 0.251 e. The van der Waals surface area contributed by atoms with Crippen LogP contribution in [-0.4, -0.2) is 70.5 Å². The largest absolute Gasteiger partial charge is 0.388 e. The van der Waals surface area contributed by atoms with Gasteiger partial charge in [0.25, 0.3) is 5.91 Å². The van der Waals surface area contributed by atoms with E-state index in [0.717, 1.165) is 0 Å². The Bertz CT molecular complexity index is 720. The van der Waals surface area contributed by atoms with Gasteiger partial charge in [0.05, 0.1) is 11.1 Å². The van der Waals surface area contributed by atoms with Crippen LogP contribution in [-0.2, 0) is 9.53 Å². The minimum absolute atomic E-state index is 0.302. The van der Waals surface area contributed by atoms with Gasteiger partial charge in [-0.15, -0.1) is 0 Å². The van der Waals surface area contributed by atoms with E-state index in [-0.39, 0.29) is 11.8 Å². The molecule has 0 unspecified atom stereocenters. The molecule has 2 aliphatic heterocycles. The number of rotatable bonds is 3. The molecular formula is C19H25ClN2O5. The summed E-state index contributed by atoms with van der Waals surface area (Å²) in [7, 11) is 0. The SMILES string of the molecule is C[C@]1(NC(=O)c2cccc(Cl)c2)CCOC2(CCN(C(=O)CO)CC2)[C@@H]1O. The molecule has 1 spiro atoms. The number of benzene rings is 1. The molecule has 2 atom stereocenters. The lowest BCUT2D eigenvalue weighted by atomic mass is 9.73. The number of nitrogens with one attached hydrogen (secondary N) is 1. The molecule has 1 aromatic rings. The van der Waals surface area contributed by atoms with Crippen LogP contribution >= 0.6 is 11.6 Å². The number of amides is 2. The Balaban J connectivity index is 1.73. The molecule has 3 N–H and O–H groups in total. The summed E-state index contributed by atoms with van der Waals surface area (Å²) < 4.78 is 5.96. The van der Waals surface area contributed by atoms with Crippen molar-refractivity contribution in [3.05, 3.63) is 34.9 Å². The average molecular weight is 397 g/mol. The first-order valence-electron chi connectivity index (χ1n) is 9.08. The molecule has 0 bridgehead atoms. The number of halogens is 1. The minimum atomic E-state index is -0.923. The highest BCUT2D eigenvalue weighted by molar-refractivity contribution is 6.30. The number of nitrogens with zero attached hydrogens (tertiary/aromatic N) is 1. The monoisotopic (exact) mass is 396 g/mol. The van der Waals surface area contributed by atoms with E-state index >= 15 is 0 Å². The topological polar surface area (TPSA) is 99.1 Å². The number of piperidine rings is 1. The summed E-state index contributed by atoms with van der Waals surface area (Å²) in [6.45, 7) is 2.49. The first-order valence-corrected chi connectivity index (χ1v) is 9.46. The standard InChI is InChI=1S/C19H25ClN2O5/c1-18(21-16(25)13-3-2-4-14(20)11-13)7-10-27-19(17(18)26)5-8-22(9-6-19)15(24)12-23/h2-4,11,17,23,26H,5-10,12H2,1H3,(H,21,25)/t17-,18+/m1/s1. The second-order valence-electron chi connectivity index (χ2n) is 7.49. The number of carbonyl (C=O) groups excluding carboxylic acids is 2. The zero-order chi connectivity index (χ0) is 19.7. The first-order chi connectivity index (χ1) is 12.8. The Morgan fingerprint density at radius 2 is 2.04 bits per heavy atom. The van der Waals surface area contributed by atoms with E-state index in [9.17, 15) is 14.7 Å². The highest BCUT2D eigenvalue weighted by Gasteiger charge is 2.54. The zero-order valence-electron chi connectivity index (χ0n) is 15.3. The maximum atomic E-state index is 12.7. The minimum Gasteiger partial charge on any atom is -0.388 e. The van der Waals surface area contributed by atoms with Crippen molar-refractivity contribution in [2.45, 2.75) is 43.4 Å². The van der Waals surface area contributed by atoms with E-state index in [4.69, 9.17) is 21.4 Å². The Labute approximate surface area is 163 Å². The molecule has 0 aliphatic carbocycles. The van der Waals surface area contributed by atoms with E-state index in [1.54, 1.807) is 29.2 Å². The quantitative estimate of drug-likeness (QED) is 0.706. The number of ether oxygens (including phenoxy) is 1. The van der Waals surface area contributed by atoms with Gasteiger partial charge in [-0.05, 0) is 44.4 Å². The average Bonchev–Trinajstić information content (AvgIpc) is 2.66. The van der Waals surface area contributed by atoms with E-state index in [0.29, 0.717) is 49.5 Å². The van der Waals surface area contributed by atoms with E-state index < -0.39 is 23.9 Å². The molecule has 1 aromatic carbocycles. The van der Waals surface area contributed by atoms with Crippen LogP contribution < -0.4 is 5.32 Å². The van der Waals surface area contributed by atoms with E-state index in [2.05, 4.69) is 5.32 Å². The number of hydrogen-bond donors (Lipinski definition) is 3. The van der Waals surface area contributed by atoms with Crippen LogP contribution in [0.2, 0.25) is 5.02 Å². The molecular weight excluding hydrogens is 372 g/mol. The molecule has 2 heterocycles. The fraction of sp³-hybridized carbons (Fsp3) is 0.579. The summed E-state index contributed by atoms with van der Waals surface area (Å²) in [5, 5.41) is 23.6. The van der Waals surface area contributed by atoms with Crippen molar-refractivity contribution in [2.24, 2.45) is 0 Å². The Morgan fingerprint density at radius 1 is 1.33 bits per heavy atom. The molecule has 8 heteroatoms. The Morgan fingerprint density at radius 3 is 2.67 bits per heavy atom. The summed E-state index contributed by atoms with van der Waals surface area (Å²) in [5.74, 6) is -0.629. The third-order valence-electron chi connectivity index (χ3n) is 5.70. The molecule has 0 radical (unpaired) electrons. The van der Waals surface area contributed by atoms with Crippen molar-refractivity contribution >= 4 is 23.4 Å². The molecule has 2 saturated heterocycles. The normalized spacial score (nSPS) is 27.4. The summed E-state index contributed by atoms with van der Waals surface area (Å²) >= 11 is 5.96. The number of likely N-dealkylation sites (tertiary alicyclic amines) is 1. The fourth-order valence-electron chi connectivity index (χ4n) is 4.01. The smallest absolute Gasteiger partial charge is 0.251 e. The first kappa shape index (κ1) is 20.1. The molecule has 2 amide bonds. The van der Waals surface area contributed by atoms with Gasteiger partial charge in [-0.25, -0.2) is 0 Å². The van der Waals surface area contributed by atoms with Crippen molar-refractivity contribution in [3.8, 4) is 0 Å². The van der Waals surface area contributed by atoms with Gasteiger partial charge >= 0.3 is 0 Å². The highest BCUT2D eigenvalue weighted by atomic mass is 35.5. The van der Waals surface area contributed by atoms with Crippen LogP contribution in [0.25, 0.3) is 0 Å². The summed E-state index contributed by atoms with van der Waals surface area (Å²) in [4.78, 5) is 25.9. The molecule has 2 fully saturated rings. The lowest BCUT2D eigenvalue weighted by Gasteiger charge is -2.53. The Hall–Kier alpha value is -1.67. The molecule has 2 aliphatic rings. The fourth-order valence-corrected chi connectivity index (χ4v) is 4.20. The molecule has 27 heavy (non-hydrogen) atoms. The van der Waals surface area contributed by atoms with E-state index in [1.165, 1.54) is 0 Å².